The van der Waals surface area contributed by atoms with E-state index in [1.807, 2.05) is 0 Å². The Balaban J connectivity index is 2.90. The Bertz CT molecular complexity index is 391. The third-order valence-corrected chi connectivity index (χ3v) is 2.32. The highest BCUT2D eigenvalue weighted by atomic mass is 79.9. The number of alkyl halides is 6. The van der Waals surface area contributed by atoms with Crippen LogP contribution in [0.1, 0.15) is 0 Å². The van der Waals surface area contributed by atoms with Crippen molar-refractivity contribution in [1.29, 1.82) is 0 Å². The molecule has 0 amide bonds. The molecule has 0 aliphatic heterocycles. The minimum Gasteiger partial charge on any atom is -0.429 e. The van der Waals surface area contributed by atoms with Crippen LogP contribution in [0.2, 0.25) is 0 Å². The Labute approximate surface area is 101 Å². The molecule has 0 spiro atoms. The molecule has 0 heterocycles. The number of rotatable bonds is 3. The van der Waals surface area contributed by atoms with Crippen LogP contribution in [0.5, 0.6) is 5.75 Å². The quantitative estimate of drug-likeness (QED) is 0.753. The molecule has 96 valence electrons. The normalized spacial score (nSPS) is 14.5. The summed E-state index contributed by atoms with van der Waals surface area (Å²) >= 11 is 2.79. The second-order valence-electron chi connectivity index (χ2n) is 3.00. The summed E-state index contributed by atoms with van der Waals surface area (Å²) in [6.45, 7) is 0. The number of hydrogen-bond donors (Lipinski definition) is 0. The first-order valence-electron chi connectivity index (χ1n) is 4.17. The van der Waals surface area contributed by atoms with Gasteiger partial charge in [0.15, 0.2) is 0 Å². The Morgan fingerprint density at radius 3 is 2.06 bits per heavy atom. The molecule has 0 radical (unpaired) electrons. The zero-order chi connectivity index (χ0) is 13.3. The van der Waals surface area contributed by atoms with Crippen LogP contribution in [0.3, 0.4) is 0 Å². The molecule has 0 N–H and O–H groups in total. The van der Waals surface area contributed by atoms with E-state index in [2.05, 4.69) is 20.7 Å². The van der Waals surface area contributed by atoms with E-state index < -0.39 is 24.2 Å². The SMILES string of the molecule is F[C@H](C(F)(F)F)C(F)(F)Oc1ccccc1Br. The van der Waals surface area contributed by atoms with Crippen LogP contribution >= 0.6 is 15.9 Å². The number of benzene rings is 1. The van der Waals surface area contributed by atoms with Gasteiger partial charge in [0, 0.05) is 0 Å². The van der Waals surface area contributed by atoms with Gasteiger partial charge in [-0.1, -0.05) is 12.1 Å². The summed E-state index contributed by atoms with van der Waals surface area (Å²) in [4.78, 5) is 0. The minimum absolute atomic E-state index is 0.00551. The lowest BCUT2D eigenvalue weighted by Crippen LogP contribution is -2.45. The van der Waals surface area contributed by atoms with E-state index in [0.717, 1.165) is 6.07 Å². The molecule has 0 saturated carbocycles. The molecule has 1 atom stereocenters. The average molecular weight is 323 g/mol. The molecule has 8 heteroatoms. The number of halogens is 7. The predicted molar refractivity (Wildman–Crippen MR) is 50.7 cm³/mol. The van der Waals surface area contributed by atoms with Gasteiger partial charge in [0.05, 0.1) is 4.47 Å². The van der Waals surface area contributed by atoms with Gasteiger partial charge >= 0.3 is 12.3 Å². The van der Waals surface area contributed by atoms with Crippen LogP contribution < -0.4 is 4.74 Å². The first-order valence-corrected chi connectivity index (χ1v) is 4.96. The fraction of sp³-hybridized carbons (Fsp3) is 0.333. The monoisotopic (exact) mass is 322 g/mol. The highest BCUT2D eigenvalue weighted by Crippen LogP contribution is 2.38. The molecular formula is C9H5BrF6O. The third-order valence-electron chi connectivity index (χ3n) is 1.67. The Kier molecular flexibility index (Phi) is 3.95. The van der Waals surface area contributed by atoms with Crippen LogP contribution in [0.15, 0.2) is 28.7 Å². The van der Waals surface area contributed by atoms with E-state index in [1.54, 1.807) is 0 Å². The standard InChI is InChI=1S/C9H5BrF6O/c10-5-3-1-2-4-6(5)17-9(15,16)7(11)8(12,13)14/h1-4,7H/t7-/m1/s1. The van der Waals surface area contributed by atoms with E-state index in [-0.39, 0.29) is 4.47 Å². The van der Waals surface area contributed by atoms with E-state index >= 15 is 0 Å². The van der Waals surface area contributed by atoms with Crippen molar-refractivity contribution in [2.24, 2.45) is 0 Å². The van der Waals surface area contributed by atoms with Gasteiger partial charge < -0.3 is 4.74 Å². The van der Waals surface area contributed by atoms with Gasteiger partial charge in [0.2, 0.25) is 0 Å². The van der Waals surface area contributed by atoms with Crippen molar-refractivity contribution >= 4 is 15.9 Å². The highest BCUT2D eigenvalue weighted by Gasteiger charge is 2.59. The summed E-state index contributed by atoms with van der Waals surface area (Å²) in [5.41, 5.74) is 0. The van der Waals surface area contributed by atoms with Crippen molar-refractivity contribution in [2.75, 3.05) is 0 Å². The molecule has 1 aromatic rings. The van der Waals surface area contributed by atoms with Gasteiger partial charge in [-0.15, -0.1) is 0 Å². The summed E-state index contributed by atoms with van der Waals surface area (Å²) in [5, 5.41) is 0. The van der Waals surface area contributed by atoms with E-state index in [9.17, 15) is 26.3 Å². The van der Waals surface area contributed by atoms with Gasteiger partial charge in [-0.05, 0) is 28.1 Å². The molecule has 0 unspecified atom stereocenters. The molecule has 17 heavy (non-hydrogen) atoms. The predicted octanol–water partition coefficient (Wildman–Crippen LogP) is 4.32. The summed E-state index contributed by atoms with van der Waals surface area (Å²) in [6, 6.07) is 4.95. The van der Waals surface area contributed by atoms with E-state index in [1.165, 1.54) is 18.2 Å². The lowest BCUT2D eigenvalue weighted by atomic mass is 10.3. The molecule has 1 nitrogen and oxygen atoms in total. The topological polar surface area (TPSA) is 9.23 Å². The van der Waals surface area contributed by atoms with Crippen LogP contribution in [0.4, 0.5) is 26.3 Å². The fourth-order valence-corrected chi connectivity index (χ4v) is 1.28. The zero-order valence-electron chi connectivity index (χ0n) is 7.94. The summed E-state index contributed by atoms with van der Waals surface area (Å²) in [7, 11) is 0. The lowest BCUT2D eigenvalue weighted by molar-refractivity contribution is -0.305. The highest BCUT2D eigenvalue weighted by molar-refractivity contribution is 9.10. The Morgan fingerprint density at radius 2 is 1.59 bits per heavy atom. The first-order chi connectivity index (χ1) is 7.64. The summed E-state index contributed by atoms with van der Waals surface area (Å²) in [6.07, 6.45) is -15.1. The molecule has 1 aromatic carbocycles. The maximum Gasteiger partial charge on any atom is 0.439 e. The smallest absolute Gasteiger partial charge is 0.429 e. The van der Waals surface area contributed by atoms with Crippen LogP contribution in [0, 0.1) is 0 Å². The van der Waals surface area contributed by atoms with Crippen LogP contribution in [0.25, 0.3) is 0 Å². The Morgan fingerprint density at radius 1 is 1.06 bits per heavy atom. The lowest BCUT2D eigenvalue weighted by Gasteiger charge is -2.23. The van der Waals surface area contributed by atoms with E-state index in [4.69, 9.17) is 0 Å². The molecule has 0 aliphatic carbocycles. The van der Waals surface area contributed by atoms with Gasteiger partial charge in [-0.3, -0.25) is 0 Å². The van der Waals surface area contributed by atoms with Crippen LogP contribution in [-0.2, 0) is 0 Å². The maximum atomic E-state index is 12.8. The first kappa shape index (κ1) is 14.1. The van der Waals surface area contributed by atoms with Crippen molar-refractivity contribution in [2.45, 2.75) is 18.5 Å². The van der Waals surface area contributed by atoms with Crippen molar-refractivity contribution in [3.05, 3.63) is 28.7 Å². The number of ether oxygens (including phenoxy) is 1. The maximum absolute atomic E-state index is 12.8. The van der Waals surface area contributed by atoms with Crippen LogP contribution in [-0.4, -0.2) is 18.5 Å². The van der Waals surface area contributed by atoms with Gasteiger partial charge in [0.25, 0.3) is 6.17 Å². The summed E-state index contributed by atoms with van der Waals surface area (Å²) in [5.74, 6) is -0.579. The van der Waals surface area contributed by atoms with Gasteiger partial charge in [0.1, 0.15) is 5.75 Å². The largest absolute Gasteiger partial charge is 0.439 e. The van der Waals surface area contributed by atoms with Crippen molar-refractivity contribution in [1.82, 2.24) is 0 Å². The molecule has 1 rings (SSSR count). The minimum atomic E-state index is -5.69. The molecule has 0 aromatic heterocycles. The Hall–Kier alpha value is -0.920. The van der Waals surface area contributed by atoms with Gasteiger partial charge in [-0.2, -0.15) is 22.0 Å². The molecular weight excluding hydrogens is 318 g/mol. The molecule has 0 bridgehead atoms. The van der Waals surface area contributed by atoms with E-state index in [0.29, 0.717) is 0 Å². The zero-order valence-corrected chi connectivity index (χ0v) is 9.53. The number of hydrogen-bond acceptors (Lipinski definition) is 1. The van der Waals surface area contributed by atoms with Gasteiger partial charge in [-0.25, -0.2) is 4.39 Å². The summed E-state index contributed by atoms with van der Waals surface area (Å²) < 4.78 is 77.3. The van der Waals surface area contributed by atoms with Crippen molar-refractivity contribution in [3.8, 4) is 5.75 Å². The van der Waals surface area contributed by atoms with Crippen molar-refractivity contribution in [3.63, 3.8) is 0 Å². The second kappa shape index (κ2) is 4.75. The number of para-hydroxylation sites is 1. The average Bonchev–Trinajstić information content (AvgIpc) is 2.19. The van der Waals surface area contributed by atoms with Crippen molar-refractivity contribution < 1.29 is 31.1 Å². The third kappa shape index (κ3) is 3.52. The second-order valence-corrected chi connectivity index (χ2v) is 3.85. The molecule has 0 fully saturated rings. The fourth-order valence-electron chi connectivity index (χ4n) is 0.916. The molecule has 0 aliphatic rings. The molecule has 0 saturated heterocycles.